The largest absolute Gasteiger partial charge is 0.496 e. The molecule has 2 rings (SSSR count). The lowest BCUT2D eigenvalue weighted by atomic mass is 9.76. The Morgan fingerprint density at radius 2 is 2.05 bits per heavy atom. The Hall–Kier alpha value is -2.10. The third kappa shape index (κ3) is 3.51. The van der Waals surface area contributed by atoms with E-state index in [0.29, 0.717) is 6.42 Å². The molecule has 4 heteroatoms. The second-order valence-electron chi connectivity index (χ2n) is 6.24. The lowest BCUT2D eigenvalue weighted by Crippen LogP contribution is -2.33. The van der Waals surface area contributed by atoms with Gasteiger partial charge in [0.05, 0.1) is 7.11 Å². The number of benzene rings is 1. The van der Waals surface area contributed by atoms with Crippen LogP contribution in [0.25, 0.3) is 0 Å². The molecule has 4 nitrogen and oxygen atoms in total. The minimum atomic E-state index is -0.151. The van der Waals surface area contributed by atoms with Crippen molar-refractivity contribution in [3.63, 3.8) is 0 Å². The first-order valence-electron chi connectivity index (χ1n) is 7.07. The van der Waals surface area contributed by atoms with Crippen LogP contribution in [-0.4, -0.2) is 22.6 Å². The molecular formula is C17H22N2O2. The van der Waals surface area contributed by atoms with Gasteiger partial charge >= 0.3 is 0 Å². The Morgan fingerprint density at radius 1 is 1.33 bits per heavy atom. The quantitative estimate of drug-likeness (QED) is 0.865. The molecule has 0 saturated heterocycles. The van der Waals surface area contributed by atoms with E-state index >= 15 is 0 Å². The van der Waals surface area contributed by atoms with Crippen LogP contribution in [0.3, 0.4) is 0 Å². The van der Waals surface area contributed by atoms with E-state index < -0.39 is 0 Å². The molecule has 0 aliphatic rings. The van der Waals surface area contributed by atoms with E-state index in [-0.39, 0.29) is 17.2 Å². The molecule has 0 bridgehead atoms. The lowest BCUT2D eigenvalue weighted by Gasteiger charge is -2.30. The zero-order chi connectivity index (χ0) is 15.5. The average molecular weight is 286 g/mol. The van der Waals surface area contributed by atoms with Crippen molar-refractivity contribution in [1.82, 2.24) is 9.55 Å². The molecule has 0 saturated carbocycles. The van der Waals surface area contributed by atoms with Gasteiger partial charge in [-0.1, -0.05) is 39.0 Å². The molecule has 0 radical (unpaired) electrons. The molecule has 2 aromatic rings. The summed E-state index contributed by atoms with van der Waals surface area (Å²) >= 11 is 0. The van der Waals surface area contributed by atoms with Crippen molar-refractivity contribution in [3.8, 4) is 5.75 Å². The zero-order valence-electron chi connectivity index (χ0n) is 13.0. The van der Waals surface area contributed by atoms with E-state index in [9.17, 15) is 4.79 Å². The minimum Gasteiger partial charge on any atom is -0.496 e. The number of carbonyl (C=O) groups excluding carboxylic acids is 1. The van der Waals surface area contributed by atoms with E-state index in [1.807, 2.05) is 24.3 Å². The molecule has 0 fully saturated rings. The van der Waals surface area contributed by atoms with Crippen molar-refractivity contribution in [1.29, 1.82) is 0 Å². The Kier molecular flexibility index (Phi) is 4.46. The summed E-state index contributed by atoms with van der Waals surface area (Å²) in [4.78, 5) is 16.7. The second kappa shape index (κ2) is 6.12. The van der Waals surface area contributed by atoms with Crippen LogP contribution >= 0.6 is 0 Å². The molecular weight excluding hydrogens is 264 g/mol. The maximum absolute atomic E-state index is 12.7. The van der Waals surface area contributed by atoms with Crippen LogP contribution < -0.4 is 4.74 Å². The number of nitrogens with zero attached hydrogens (tertiary/aromatic N) is 2. The fourth-order valence-corrected chi connectivity index (χ4v) is 2.42. The number of methoxy groups -OCH3 is 1. The highest BCUT2D eigenvalue weighted by molar-refractivity contribution is 5.82. The number of ether oxygens (including phenoxy) is 1. The number of rotatable bonds is 4. The summed E-state index contributed by atoms with van der Waals surface area (Å²) in [5.74, 6) is 0.735. The van der Waals surface area contributed by atoms with Crippen LogP contribution in [0.4, 0.5) is 0 Å². The molecule has 1 atom stereocenters. The summed E-state index contributed by atoms with van der Waals surface area (Å²) in [5.41, 5.74) is 0.899. The molecule has 112 valence electrons. The number of imidazole rings is 1. The first-order chi connectivity index (χ1) is 9.93. The normalized spacial score (nSPS) is 13.0. The van der Waals surface area contributed by atoms with Gasteiger partial charge in [0, 0.05) is 18.3 Å². The number of hydrogen-bond donors (Lipinski definition) is 0. The molecule has 1 unspecified atom stereocenters. The summed E-state index contributed by atoms with van der Waals surface area (Å²) in [7, 11) is 1.66. The Labute approximate surface area is 125 Å². The molecule has 0 amide bonds. The van der Waals surface area contributed by atoms with E-state index in [2.05, 4.69) is 25.8 Å². The van der Waals surface area contributed by atoms with Crippen LogP contribution in [0, 0.1) is 11.3 Å². The maximum atomic E-state index is 12.7. The molecule has 0 N–H and O–H groups in total. The van der Waals surface area contributed by atoms with Gasteiger partial charge in [0.15, 0.2) is 0 Å². The van der Waals surface area contributed by atoms with Crippen LogP contribution in [-0.2, 0) is 6.42 Å². The van der Waals surface area contributed by atoms with Crippen molar-refractivity contribution in [3.05, 3.63) is 48.5 Å². The first-order valence-corrected chi connectivity index (χ1v) is 7.07. The minimum absolute atomic E-state index is 0.0610. The first kappa shape index (κ1) is 15.3. The summed E-state index contributed by atoms with van der Waals surface area (Å²) in [6.07, 6.45) is 5.53. The van der Waals surface area contributed by atoms with Crippen molar-refractivity contribution in [2.24, 2.45) is 11.3 Å². The Morgan fingerprint density at radius 3 is 2.62 bits per heavy atom. The molecule has 0 aliphatic carbocycles. The average Bonchev–Trinajstić information content (AvgIpc) is 2.97. The Bertz CT molecular complexity index is 598. The summed E-state index contributed by atoms with van der Waals surface area (Å²) < 4.78 is 6.96. The third-order valence-corrected chi connectivity index (χ3v) is 3.72. The highest BCUT2D eigenvalue weighted by Crippen LogP contribution is 2.33. The smallest absolute Gasteiger partial charge is 0.235 e. The van der Waals surface area contributed by atoms with Crippen LogP contribution in [0.15, 0.2) is 43.0 Å². The summed E-state index contributed by atoms with van der Waals surface area (Å²) in [6.45, 7) is 6.26. The molecule has 21 heavy (non-hydrogen) atoms. The number of carbonyl (C=O) groups is 1. The maximum Gasteiger partial charge on any atom is 0.235 e. The van der Waals surface area contributed by atoms with E-state index in [4.69, 9.17) is 4.74 Å². The zero-order valence-corrected chi connectivity index (χ0v) is 13.0. The molecule has 1 aromatic heterocycles. The van der Waals surface area contributed by atoms with Gasteiger partial charge in [0.2, 0.25) is 5.91 Å². The van der Waals surface area contributed by atoms with Crippen molar-refractivity contribution < 1.29 is 9.53 Å². The number of hydrogen-bond acceptors (Lipinski definition) is 3. The van der Waals surface area contributed by atoms with Gasteiger partial charge in [-0.3, -0.25) is 9.36 Å². The summed E-state index contributed by atoms with van der Waals surface area (Å²) in [5, 5.41) is 0. The van der Waals surface area contributed by atoms with Crippen LogP contribution in [0.2, 0.25) is 0 Å². The van der Waals surface area contributed by atoms with E-state index in [1.165, 1.54) is 0 Å². The van der Waals surface area contributed by atoms with Crippen molar-refractivity contribution >= 4 is 5.91 Å². The summed E-state index contributed by atoms with van der Waals surface area (Å²) in [6, 6.07) is 7.85. The monoisotopic (exact) mass is 286 g/mol. The SMILES string of the molecule is COc1ccccc1CC(C(=O)n1ccnc1)C(C)(C)C. The standard InChI is InChI=1S/C17H22N2O2/c1-17(2,3)14(16(20)19-10-9-18-12-19)11-13-7-5-6-8-15(13)21-4/h5-10,12,14H,11H2,1-4H3. The van der Waals surface area contributed by atoms with Gasteiger partial charge < -0.3 is 4.74 Å². The van der Waals surface area contributed by atoms with Crippen LogP contribution in [0.1, 0.15) is 31.1 Å². The highest BCUT2D eigenvalue weighted by Gasteiger charge is 2.32. The van der Waals surface area contributed by atoms with Gasteiger partial charge in [-0.25, -0.2) is 4.98 Å². The topological polar surface area (TPSA) is 44.1 Å². The van der Waals surface area contributed by atoms with Crippen molar-refractivity contribution in [2.45, 2.75) is 27.2 Å². The molecule has 0 aliphatic heterocycles. The number of aromatic nitrogens is 2. The van der Waals surface area contributed by atoms with Crippen LogP contribution in [0.5, 0.6) is 5.75 Å². The molecule has 1 heterocycles. The molecule has 1 aromatic carbocycles. The predicted molar refractivity (Wildman–Crippen MR) is 82.5 cm³/mol. The third-order valence-electron chi connectivity index (χ3n) is 3.72. The Balaban J connectivity index is 2.32. The van der Waals surface area contributed by atoms with Gasteiger partial charge in [-0.2, -0.15) is 0 Å². The highest BCUT2D eigenvalue weighted by atomic mass is 16.5. The lowest BCUT2D eigenvalue weighted by molar-refractivity contribution is 0.0723. The van der Waals surface area contributed by atoms with Gasteiger partial charge in [-0.15, -0.1) is 0 Å². The van der Waals surface area contributed by atoms with Gasteiger partial charge in [-0.05, 0) is 23.5 Å². The fraction of sp³-hybridized carbons (Fsp3) is 0.412. The van der Waals surface area contributed by atoms with Gasteiger partial charge in [0.25, 0.3) is 0 Å². The van der Waals surface area contributed by atoms with Gasteiger partial charge in [0.1, 0.15) is 12.1 Å². The van der Waals surface area contributed by atoms with Crippen molar-refractivity contribution in [2.75, 3.05) is 7.11 Å². The molecule has 0 spiro atoms. The second-order valence-corrected chi connectivity index (χ2v) is 6.24. The predicted octanol–water partition coefficient (Wildman–Crippen LogP) is 3.44. The fourth-order valence-electron chi connectivity index (χ4n) is 2.42. The number of para-hydroxylation sites is 1. The van der Waals surface area contributed by atoms with E-state index in [1.54, 1.807) is 30.4 Å². The van der Waals surface area contributed by atoms with E-state index in [0.717, 1.165) is 11.3 Å².